The molecule has 1 heterocycles. The van der Waals surface area contributed by atoms with Gasteiger partial charge in [-0.1, -0.05) is 0 Å². The largest absolute Gasteiger partial charge is 0.497 e. The third kappa shape index (κ3) is 5.33. The minimum absolute atomic E-state index is 0.197. The Balaban J connectivity index is 2.07. The van der Waals surface area contributed by atoms with Gasteiger partial charge in [0, 0.05) is 13.1 Å². The van der Waals surface area contributed by atoms with Crippen LogP contribution in [0.15, 0.2) is 41.4 Å². The van der Waals surface area contributed by atoms with Crippen LogP contribution in [0.1, 0.15) is 5.56 Å². The van der Waals surface area contributed by atoms with Gasteiger partial charge in [-0.3, -0.25) is 4.72 Å². The molecule has 1 aromatic carbocycles. The lowest BCUT2D eigenvalue weighted by Crippen LogP contribution is -2.20. The number of likely N-dealkylation sites (N-methyl/N-ethyl adjacent to an activating group) is 1. The van der Waals surface area contributed by atoms with Crippen molar-refractivity contribution in [1.82, 2.24) is 9.88 Å². The topological polar surface area (TPSA) is 83.6 Å². The van der Waals surface area contributed by atoms with Gasteiger partial charge >= 0.3 is 0 Å². The van der Waals surface area contributed by atoms with Crippen molar-refractivity contribution in [3.63, 3.8) is 0 Å². The SMILES string of the molecule is COc1ccc(S(=O)(=O)Nc2ccc(NCCN(C)C)cn2)c(C)c1. The van der Waals surface area contributed by atoms with E-state index in [4.69, 9.17) is 4.74 Å². The summed E-state index contributed by atoms with van der Waals surface area (Å²) in [5, 5.41) is 3.22. The number of benzene rings is 1. The predicted octanol–water partition coefficient (Wildman–Crippen LogP) is 2.17. The Bertz CT molecular complexity index is 805. The lowest BCUT2D eigenvalue weighted by atomic mass is 10.2. The molecule has 7 nitrogen and oxygen atoms in total. The Morgan fingerprint density at radius 1 is 1.20 bits per heavy atom. The molecule has 0 amide bonds. The van der Waals surface area contributed by atoms with Crippen LogP contribution >= 0.6 is 0 Å². The zero-order valence-electron chi connectivity index (χ0n) is 14.9. The van der Waals surface area contributed by atoms with Gasteiger partial charge in [-0.25, -0.2) is 13.4 Å². The van der Waals surface area contributed by atoms with Gasteiger partial charge in [0.2, 0.25) is 0 Å². The summed E-state index contributed by atoms with van der Waals surface area (Å²) >= 11 is 0. The van der Waals surface area contributed by atoms with Gasteiger partial charge in [0.15, 0.2) is 0 Å². The van der Waals surface area contributed by atoms with E-state index in [-0.39, 0.29) is 10.7 Å². The number of methoxy groups -OCH3 is 1. The monoisotopic (exact) mass is 364 g/mol. The van der Waals surface area contributed by atoms with Crippen molar-refractivity contribution in [3.05, 3.63) is 42.1 Å². The second kappa shape index (κ2) is 8.17. The van der Waals surface area contributed by atoms with Gasteiger partial charge in [0.1, 0.15) is 11.6 Å². The summed E-state index contributed by atoms with van der Waals surface area (Å²) in [6.45, 7) is 3.40. The van der Waals surface area contributed by atoms with Crippen molar-refractivity contribution >= 4 is 21.5 Å². The number of nitrogens with one attached hydrogen (secondary N) is 2. The molecule has 136 valence electrons. The number of nitrogens with zero attached hydrogens (tertiary/aromatic N) is 2. The molecule has 0 aliphatic carbocycles. The van der Waals surface area contributed by atoms with Crippen LogP contribution < -0.4 is 14.8 Å². The second-order valence-corrected chi connectivity index (χ2v) is 7.55. The van der Waals surface area contributed by atoms with Crippen LogP contribution in [0.4, 0.5) is 11.5 Å². The van der Waals surface area contributed by atoms with E-state index in [0.29, 0.717) is 11.3 Å². The quantitative estimate of drug-likeness (QED) is 0.747. The summed E-state index contributed by atoms with van der Waals surface area (Å²) in [5.41, 5.74) is 1.44. The van der Waals surface area contributed by atoms with Crippen molar-refractivity contribution in [2.45, 2.75) is 11.8 Å². The Morgan fingerprint density at radius 3 is 2.52 bits per heavy atom. The molecule has 0 aliphatic rings. The zero-order chi connectivity index (χ0) is 18.4. The van der Waals surface area contributed by atoms with Gasteiger partial charge in [-0.15, -0.1) is 0 Å². The fraction of sp³-hybridized carbons (Fsp3) is 0.353. The van der Waals surface area contributed by atoms with Crippen LogP contribution in [0.2, 0.25) is 0 Å². The molecule has 1 aromatic heterocycles. The molecule has 0 bridgehead atoms. The minimum Gasteiger partial charge on any atom is -0.497 e. The highest BCUT2D eigenvalue weighted by Gasteiger charge is 2.18. The Morgan fingerprint density at radius 2 is 1.96 bits per heavy atom. The highest BCUT2D eigenvalue weighted by Crippen LogP contribution is 2.23. The Hall–Kier alpha value is -2.32. The lowest BCUT2D eigenvalue weighted by molar-refractivity contribution is 0.414. The van der Waals surface area contributed by atoms with Crippen LogP contribution in [0, 0.1) is 6.92 Å². The highest BCUT2D eigenvalue weighted by atomic mass is 32.2. The molecule has 0 aliphatic heterocycles. The first-order valence-corrected chi connectivity index (χ1v) is 9.32. The Labute approximate surface area is 149 Å². The normalized spacial score (nSPS) is 11.4. The molecule has 2 rings (SSSR count). The van der Waals surface area contributed by atoms with Crippen molar-refractivity contribution in [1.29, 1.82) is 0 Å². The molecule has 8 heteroatoms. The van der Waals surface area contributed by atoms with E-state index in [0.717, 1.165) is 18.8 Å². The van der Waals surface area contributed by atoms with Gasteiger partial charge in [-0.05, 0) is 56.9 Å². The summed E-state index contributed by atoms with van der Waals surface area (Å²) in [7, 11) is 1.83. The number of aryl methyl sites for hydroxylation is 1. The van der Waals surface area contributed by atoms with Gasteiger partial charge in [0.05, 0.1) is 23.9 Å². The molecule has 0 radical (unpaired) electrons. The summed E-state index contributed by atoms with van der Waals surface area (Å²) < 4.78 is 32.7. The number of hydrogen-bond acceptors (Lipinski definition) is 6. The minimum atomic E-state index is -3.71. The second-order valence-electron chi connectivity index (χ2n) is 5.90. The highest BCUT2D eigenvalue weighted by molar-refractivity contribution is 7.92. The number of pyridine rings is 1. The first kappa shape index (κ1) is 19.0. The number of anilines is 2. The summed E-state index contributed by atoms with van der Waals surface area (Å²) in [4.78, 5) is 6.43. The fourth-order valence-electron chi connectivity index (χ4n) is 2.23. The van der Waals surface area contributed by atoms with E-state index < -0.39 is 10.0 Å². The van der Waals surface area contributed by atoms with Crippen molar-refractivity contribution in [2.75, 3.05) is 44.3 Å². The maximum atomic E-state index is 12.5. The zero-order valence-corrected chi connectivity index (χ0v) is 15.7. The molecular weight excluding hydrogens is 340 g/mol. The molecule has 2 aromatic rings. The smallest absolute Gasteiger partial charge is 0.263 e. The van der Waals surface area contributed by atoms with E-state index in [2.05, 4.69) is 19.9 Å². The fourth-order valence-corrected chi connectivity index (χ4v) is 3.46. The van der Waals surface area contributed by atoms with Crippen LogP contribution in [0.3, 0.4) is 0 Å². The Kier molecular flexibility index (Phi) is 6.22. The lowest BCUT2D eigenvalue weighted by Gasteiger charge is -2.13. The van der Waals surface area contributed by atoms with E-state index in [1.54, 1.807) is 44.5 Å². The molecule has 25 heavy (non-hydrogen) atoms. The van der Waals surface area contributed by atoms with Crippen LogP contribution in [0.5, 0.6) is 5.75 Å². The van der Waals surface area contributed by atoms with Crippen LogP contribution in [-0.2, 0) is 10.0 Å². The summed E-state index contributed by atoms with van der Waals surface area (Å²) in [6, 6.07) is 8.25. The number of ether oxygens (including phenoxy) is 1. The summed E-state index contributed by atoms with van der Waals surface area (Å²) in [6.07, 6.45) is 1.61. The molecule has 0 spiro atoms. The van der Waals surface area contributed by atoms with Crippen molar-refractivity contribution in [3.8, 4) is 5.75 Å². The maximum Gasteiger partial charge on any atom is 0.263 e. The number of rotatable bonds is 8. The molecule has 2 N–H and O–H groups in total. The van der Waals surface area contributed by atoms with Crippen LogP contribution in [-0.4, -0.2) is 52.6 Å². The number of sulfonamides is 1. The van der Waals surface area contributed by atoms with Gasteiger partial charge < -0.3 is 15.0 Å². The predicted molar refractivity (Wildman–Crippen MR) is 99.8 cm³/mol. The molecule has 0 unspecified atom stereocenters. The first-order chi connectivity index (χ1) is 11.8. The summed E-state index contributed by atoms with van der Waals surface area (Å²) in [5.74, 6) is 0.885. The molecular formula is C17H24N4O3S. The van der Waals surface area contributed by atoms with E-state index in [1.807, 2.05) is 14.1 Å². The van der Waals surface area contributed by atoms with E-state index in [9.17, 15) is 8.42 Å². The standard InChI is InChI=1S/C17H24N4O3S/c1-13-11-15(24-4)6-7-16(13)25(22,23)20-17-8-5-14(12-19-17)18-9-10-21(2)3/h5-8,11-12,18H,9-10H2,1-4H3,(H,19,20). The third-order valence-electron chi connectivity index (χ3n) is 3.56. The third-order valence-corrected chi connectivity index (χ3v) is 5.08. The molecule has 0 saturated carbocycles. The van der Waals surface area contributed by atoms with E-state index in [1.165, 1.54) is 6.07 Å². The number of hydrogen-bond donors (Lipinski definition) is 2. The van der Waals surface area contributed by atoms with Crippen molar-refractivity contribution < 1.29 is 13.2 Å². The molecule has 0 saturated heterocycles. The maximum absolute atomic E-state index is 12.5. The average Bonchev–Trinajstić information content (AvgIpc) is 2.55. The van der Waals surface area contributed by atoms with E-state index >= 15 is 0 Å². The molecule has 0 fully saturated rings. The average molecular weight is 364 g/mol. The van der Waals surface area contributed by atoms with Gasteiger partial charge in [-0.2, -0.15) is 0 Å². The first-order valence-electron chi connectivity index (χ1n) is 7.84. The molecule has 0 atom stereocenters. The van der Waals surface area contributed by atoms with Crippen LogP contribution in [0.25, 0.3) is 0 Å². The number of aromatic nitrogens is 1. The van der Waals surface area contributed by atoms with Gasteiger partial charge in [0.25, 0.3) is 10.0 Å². The van der Waals surface area contributed by atoms with Crippen molar-refractivity contribution in [2.24, 2.45) is 0 Å².